The fourth-order valence-electron chi connectivity index (χ4n) is 0.540. The van der Waals surface area contributed by atoms with Gasteiger partial charge in [-0.1, -0.05) is 0 Å². The zero-order valence-corrected chi connectivity index (χ0v) is 4.94. The Bertz CT molecular complexity index is 206. The van der Waals surface area contributed by atoms with Gasteiger partial charge in [0.1, 0.15) is 7.11 Å². The lowest BCUT2D eigenvalue weighted by Crippen LogP contribution is -2.07. The third-order valence-corrected chi connectivity index (χ3v) is 0.937. The Balaban J connectivity index is 2.98. The highest BCUT2D eigenvalue weighted by atomic mass is 16.6. The number of aromatic nitrogens is 2. The number of hydrogen-bond donors (Lipinski definition) is 0. The Labute approximate surface area is 52.0 Å². The normalized spacial score (nSPS) is 9.00. The standard InChI is InChI=1S/C5H6N2O2/c1-9-7-3-2-6-5(7)4-8/h2-4H,1H3. The molecule has 4 heteroatoms. The first-order chi connectivity index (χ1) is 4.38. The fraction of sp³-hybridized carbons (Fsp3) is 0.200. The van der Waals surface area contributed by atoms with Crippen LogP contribution in [0.4, 0.5) is 0 Å². The summed E-state index contributed by atoms with van der Waals surface area (Å²) in [5, 5.41) is 0. The highest BCUT2D eigenvalue weighted by molar-refractivity contribution is 5.68. The number of imidazole rings is 1. The van der Waals surface area contributed by atoms with Gasteiger partial charge in [-0.05, 0) is 0 Å². The summed E-state index contributed by atoms with van der Waals surface area (Å²) in [7, 11) is 1.47. The van der Waals surface area contributed by atoms with Crippen molar-refractivity contribution in [2.24, 2.45) is 0 Å². The minimum atomic E-state index is 0.275. The van der Waals surface area contributed by atoms with Gasteiger partial charge in [0, 0.05) is 6.20 Å². The van der Waals surface area contributed by atoms with E-state index in [1.165, 1.54) is 18.0 Å². The summed E-state index contributed by atoms with van der Waals surface area (Å²) in [6.45, 7) is 0. The monoisotopic (exact) mass is 126 g/mol. The number of hydrogen-bond acceptors (Lipinski definition) is 3. The molecule has 0 N–H and O–H groups in total. The average molecular weight is 126 g/mol. The van der Waals surface area contributed by atoms with E-state index in [0.29, 0.717) is 6.29 Å². The molecule has 0 fully saturated rings. The van der Waals surface area contributed by atoms with Crippen LogP contribution in [0.1, 0.15) is 10.6 Å². The first-order valence-corrected chi connectivity index (χ1v) is 2.41. The maximum Gasteiger partial charge on any atom is 0.208 e. The molecule has 0 aliphatic rings. The summed E-state index contributed by atoms with van der Waals surface area (Å²) < 4.78 is 1.28. The topological polar surface area (TPSA) is 44.1 Å². The molecular weight excluding hydrogens is 120 g/mol. The molecule has 0 saturated carbocycles. The Hall–Kier alpha value is -1.32. The second kappa shape index (κ2) is 2.30. The van der Waals surface area contributed by atoms with Crippen LogP contribution in [0.5, 0.6) is 0 Å². The van der Waals surface area contributed by atoms with Gasteiger partial charge in [-0.15, -0.1) is 0 Å². The van der Waals surface area contributed by atoms with Crippen molar-refractivity contribution >= 4 is 6.29 Å². The second-order valence-electron chi connectivity index (χ2n) is 1.41. The summed E-state index contributed by atoms with van der Waals surface area (Å²) in [5.74, 6) is 0.275. The molecule has 0 radical (unpaired) electrons. The minimum Gasteiger partial charge on any atom is -0.415 e. The highest BCUT2D eigenvalue weighted by Gasteiger charge is 1.96. The van der Waals surface area contributed by atoms with E-state index in [9.17, 15) is 4.79 Å². The van der Waals surface area contributed by atoms with E-state index >= 15 is 0 Å². The van der Waals surface area contributed by atoms with E-state index in [1.54, 1.807) is 6.20 Å². The van der Waals surface area contributed by atoms with Gasteiger partial charge in [-0.3, -0.25) is 4.79 Å². The third-order valence-electron chi connectivity index (χ3n) is 0.937. The van der Waals surface area contributed by atoms with Crippen LogP contribution in [-0.2, 0) is 0 Å². The van der Waals surface area contributed by atoms with Crippen molar-refractivity contribution in [3.8, 4) is 0 Å². The number of rotatable bonds is 2. The zero-order valence-electron chi connectivity index (χ0n) is 4.94. The van der Waals surface area contributed by atoms with Crippen LogP contribution in [0, 0.1) is 0 Å². The minimum absolute atomic E-state index is 0.275. The Morgan fingerprint density at radius 1 is 1.89 bits per heavy atom. The van der Waals surface area contributed by atoms with Gasteiger partial charge in [0.25, 0.3) is 0 Å². The van der Waals surface area contributed by atoms with Gasteiger partial charge in [0.15, 0.2) is 6.29 Å². The summed E-state index contributed by atoms with van der Waals surface area (Å²) in [6, 6.07) is 0. The predicted molar refractivity (Wildman–Crippen MR) is 30.1 cm³/mol. The Morgan fingerprint density at radius 3 is 3.11 bits per heavy atom. The third kappa shape index (κ3) is 0.910. The first-order valence-electron chi connectivity index (χ1n) is 2.41. The van der Waals surface area contributed by atoms with Crippen molar-refractivity contribution in [1.82, 2.24) is 9.71 Å². The van der Waals surface area contributed by atoms with Crippen LogP contribution >= 0.6 is 0 Å². The molecule has 1 aromatic heterocycles. The molecule has 0 aromatic carbocycles. The number of carbonyl (C=O) groups excluding carboxylic acids is 1. The fourth-order valence-corrected chi connectivity index (χ4v) is 0.540. The number of nitrogens with zero attached hydrogens (tertiary/aromatic N) is 2. The summed E-state index contributed by atoms with van der Waals surface area (Å²) in [4.78, 5) is 18.5. The van der Waals surface area contributed by atoms with Crippen LogP contribution in [0.2, 0.25) is 0 Å². The summed E-state index contributed by atoms with van der Waals surface area (Å²) >= 11 is 0. The first kappa shape index (κ1) is 5.81. The largest absolute Gasteiger partial charge is 0.415 e. The Kier molecular flexibility index (Phi) is 1.48. The van der Waals surface area contributed by atoms with E-state index in [-0.39, 0.29) is 5.82 Å². The zero-order chi connectivity index (χ0) is 6.69. The van der Waals surface area contributed by atoms with Crippen molar-refractivity contribution in [3.05, 3.63) is 18.2 Å². The molecule has 0 aliphatic carbocycles. The van der Waals surface area contributed by atoms with Crippen LogP contribution < -0.4 is 4.84 Å². The lowest BCUT2D eigenvalue weighted by molar-refractivity contribution is 0.105. The van der Waals surface area contributed by atoms with Gasteiger partial charge in [-0.2, -0.15) is 4.73 Å². The van der Waals surface area contributed by atoms with E-state index in [1.807, 2.05) is 0 Å². The van der Waals surface area contributed by atoms with Crippen molar-refractivity contribution in [1.29, 1.82) is 0 Å². The lowest BCUT2D eigenvalue weighted by atomic mass is 10.7. The summed E-state index contributed by atoms with van der Waals surface area (Å²) in [6.07, 6.45) is 3.68. The SMILES string of the molecule is COn1ccnc1C=O. The molecule has 0 amide bonds. The molecule has 1 rings (SSSR count). The van der Waals surface area contributed by atoms with Crippen LogP contribution in [0.25, 0.3) is 0 Å². The lowest BCUT2D eigenvalue weighted by Gasteiger charge is -1.97. The van der Waals surface area contributed by atoms with E-state index in [4.69, 9.17) is 4.84 Å². The van der Waals surface area contributed by atoms with Crippen molar-refractivity contribution < 1.29 is 9.63 Å². The van der Waals surface area contributed by atoms with Gasteiger partial charge in [0.05, 0.1) is 6.20 Å². The molecule has 1 heterocycles. The van der Waals surface area contributed by atoms with Crippen LogP contribution in [-0.4, -0.2) is 23.1 Å². The molecule has 1 aromatic rings. The van der Waals surface area contributed by atoms with Gasteiger partial charge >= 0.3 is 0 Å². The smallest absolute Gasteiger partial charge is 0.208 e. The number of carbonyl (C=O) groups is 1. The quantitative estimate of drug-likeness (QED) is 0.513. The molecule has 0 atom stereocenters. The van der Waals surface area contributed by atoms with Crippen LogP contribution in [0.15, 0.2) is 12.4 Å². The van der Waals surface area contributed by atoms with E-state index in [0.717, 1.165) is 0 Å². The van der Waals surface area contributed by atoms with Crippen molar-refractivity contribution in [3.63, 3.8) is 0 Å². The number of aldehydes is 1. The molecule has 0 saturated heterocycles. The van der Waals surface area contributed by atoms with E-state index in [2.05, 4.69) is 4.98 Å². The summed E-state index contributed by atoms with van der Waals surface area (Å²) in [5.41, 5.74) is 0. The predicted octanol–water partition coefficient (Wildman–Crippen LogP) is -0.246. The Morgan fingerprint density at radius 2 is 2.67 bits per heavy atom. The maximum atomic E-state index is 10.1. The maximum absolute atomic E-state index is 10.1. The van der Waals surface area contributed by atoms with Gasteiger partial charge in [-0.25, -0.2) is 4.98 Å². The second-order valence-corrected chi connectivity index (χ2v) is 1.41. The molecule has 48 valence electrons. The molecule has 0 bridgehead atoms. The average Bonchev–Trinajstić information content (AvgIpc) is 2.33. The van der Waals surface area contributed by atoms with Crippen molar-refractivity contribution in [2.75, 3.05) is 7.11 Å². The molecule has 0 spiro atoms. The molecule has 4 nitrogen and oxygen atoms in total. The van der Waals surface area contributed by atoms with Crippen molar-refractivity contribution in [2.45, 2.75) is 0 Å². The molecular formula is C5H6N2O2. The molecule has 0 aliphatic heterocycles. The highest BCUT2D eigenvalue weighted by Crippen LogP contribution is 1.87. The molecule has 9 heavy (non-hydrogen) atoms. The van der Waals surface area contributed by atoms with Crippen LogP contribution in [0.3, 0.4) is 0 Å². The van der Waals surface area contributed by atoms with Gasteiger partial charge in [0.2, 0.25) is 5.82 Å². The van der Waals surface area contributed by atoms with Gasteiger partial charge < -0.3 is 4.84 Å². The van der Waals surface area contributed by atoms with E-state index < -0.39 is 0 Å². The molecule has 0 unspecified atom stereocenters.